The summed E-state index contributed by atoms with van der Waals surface area (Å²) in [6, 6.07) is 4.79. The Kier molecular flexibility index (Phi) is 6.41. The van der Waals surface area contributed by atoms with Gasteiger partial charge in [0.1, 0.15) is 18.1 Å². The number of pyridine rings is 1. The number of halogens is 4. The van der Waals surface area contributed by atoms with Crippen LogP contribution >= 0.6 is 0 Å². The standard InChI is InChI=1S/C24H28F4N4O3/c1-13-7-18(20-31-32-21(35-20)29-14-5-6-23(33,10-14)11-25)30-19-16(13)8-15(34-12-24(26,27)28)9-17(19)22(2,3)4/h7-9,14,33H,5-6,10-12H2,1-4H3,(H,29,32)/t14-,23-/m0/s1. The number of nitrogens with zero attached hydrogens (tertiary/aromatic N) is 3. The number of ether oxygens (including phenoxy) is 1. The Hall–Kier alpha value is -2.95. The second kappa shape index (κ2) is 8.92. The Balaban J connectivity index is 1.66. The summed E-state index contributed by atoms with van der Waals surface area (Å²) < 4.78 is 61.9. The summed E-state index contributed by atoms with van der Waals surface area (Å²) >= 11 is 0. The van der Waals surface area contributed by atoms with Crippen molar-refractivity contribution in [3.05, 3.63) is 29.3 Å². The number of aryl methyl sites for hydroxylation is 1. The van der Waals surface area contributed by atoms with Gasteiger partial charge in [0.2, 0.25) is 0 Å². The Morgan fingerprint density at radius 2 is 1.94 bits per heavy atom. The molecule has 2 aromatic heterocycles. The largest absolute Gasteiger partial charge is 0.484 e. The summed E-state index contributed by atoms with van der Waals surface area (Å²) in [5.74, 6) is 0.278. The highest BCUT2D eigenvalue weighted by atomic mass is 19.4. The number of benzene rings is 1. The lowest BCUT2D eigenvalue weighted by Gasteiger charge is -2.23. The van der Waals surface area contributed by atoms with Crippen LogP contribution in [-0.2, 0) is 5.41 Å². The zero-order chi connectivity index (χ0) is 25.6. The van der Waals surface area contributed by atoms with Gasteiger partial charge in [-0.3, -0.25) is 0 Å². The van der Waals surface area contributed by atoms with Crippen molar-refractivity contribution in [3.8, 4) is 17.3 Å². The second-order valence-electron chi connectivity index (χ2n) is 10.2. The van der Waals surface area contributed by atoms with Gasteiger partial charge in [0, 0.05) is 11.4 Å². The molecule has 0 saturated heterocycles. The minimum Gasteiger partial charge on any atom is -0.484 e. The van der Waals surface area contributed by atoms with E-state index in [2.05, 4.69) is 15.5 Å². The van der Waals surface area contributed by atoms with Crippen LogP contribution < -0.4 is 10.1 Å². The van der Waals surface area contributed by atoms with Crippen molar-refractivity contribution >= 4 is 16.9 Å². The fourth-order valence-corrected chi connectivity index (χ4v) is 4.30. The van der Waals surface area contributed by atoms with Gasteiger partial charge in [0.15, 0.2) is 6.61 Å². The fourth-order valence-electron chi connectivity index (χ4n) is 4.30. The third-order valence-electron chi connectivity index (χ3n) is 6.11. The Morgan fingerprint density at radius 1 is 1.20 bits per heavy atom. The van der Waals surface area contributed by atoms with Gasteiger partial charge >= 0.3 is 12.2 Å². The van der Waals surface area contributed by atoms with Crippen LogP contribution in [0.5, 0.6) is 5.75 Å². The molecule has 3 aromatic rings. The predicted octanol–water partition coefficient (Wildman–Crippen LogP) is 5.50. The van der Waals surface area contributed by atoms with Gasteiger partial charge in [-0.15, -0.1) is 5.10 Å². The minimum absolute atomic E-state index is 0.117. The van der Waals surface area contributed by atoms with E-state index < -0.39 is 30.5 Å². The third-order valence-corrected chi connectivity index (χ3v) is 6.11. The normalized spacial score (nSPS) is 21.0. The van der Waals surface area contributed by atoms with Crippen LogP contribution in [0.3, 0.4) is 0 Å². The van der Waals surface area contributed by atoms with Crippen LogP contribution in [0.2, 0.25) is 0 Å². The van der Waals surface area contributed by atoms with E-state index in [0.29, 0.717) is 35.0 Å². The Bertz CT molecular complexity index is 1220. The monoisotopic (exact) mass is 496 g/mol. The fraction of sp³-hybridized carbons (Fsp3) is 0.542. The van der Waals surface area contributed by atoms with Gasteiger partial charge in [-0.25, -0.2) is 9.37 Å². The Morgan fingerprint density at radius 3 is 2.57 bits per heavy atom. The van der Waals surface area contributed by atoms with E-state index >= 15 is 0 Å². The highest BCUT2D eigenvalue weighted by Gasteiger charge is 2.38. The van der Waals surface area contributed by atoms with Gasteiger partial charge < -0.3 is 19.6 Å². The number of alkyl halides is 4. The molecular formula is C24H28F4N4O3. The third kappa shape index (κ3) is 5.66. The topological polar surface area (TPSA) is 93.3 Å². The lowest BCUT2D eigenvalue weighted by molar-refractivity contribution is -0.153. The number of aliphatic hydroxyl groups is 1. The molecule has 2 heterocycles. The first-order valence-electron chi connectivity index (χ1n) is 11.3. The first-order valence-corrected chi connectivity index (χ1v) is 11.3. The molecule has 35 heavy (non-hydrogen) atoms. The van der Waals surface area contributed by atoms with Gasteiger partial charge in [-0.05, 0) is 60.9 Å². The molecule has 0 bridgehead atoms. The van der Waals surface area contributed by atoms with Gasteiger partial charge in [0.25, 0.3) is 5.89 Å². The molecule has 190 valence electrons. The van der Waals surface area contributed by atoms with E-state index in [4.69, 9.17) is 14.1 Å². The molecule has 11 heteroatoms. The van der Waals surface area contributed by atoms with Crippen molar-refractivity contribution in [2.24, 2.45) is 0 Å². The van der Waals surface area contributed by atoms with E-state index in [9.17, 15) is 22.7 Å². The number of hydrogen-bond donors (Lipinski definition) is 2. The molecular weight excluding hydrogens is 468 g/mol. The maximum atomic E-state index is 13.0. The van der Waals surface area contributed by atoms with Crippen molar-refractivity contribution in [1.29, 1.82) is 0 Å². The summed E-state index contributed by atoms with van der Waals surface area (Å²) in [5.41, 5.74) is 0.713. The van der Waals surface area contributed by atoms with Crippen molar-refractivity contribution < 1.29 is 31.8 Å². The number of hydrogen-bond acceptors (Lipinski definition) is 7. The molecule has 0 aliphatic heterocycles. The number of nitrogens with one attached hydrogen (secondary N) is 1. The van der Waals surface area contributed by atoms with Crippen LogP contribution in [0, 0.1) is 6.92 Å². The molecule has 0 unspecified atom stereocenters. The first-order chi connectivity index (χ1) is 16.3. The molecule has 7 nitrogen and oxygen atoms in total. The number of rotatable bonds is 6. The molecule has 0 spiro atoms. The first kappa shape index (κ1) is 25.2. The molecule has 4 rings (SSSR count). The highest BCUT2D eigenvalue weighted by molar-refractivity contribution is 5.89. The molecule has 1 fully saturated rings. The van der Waals surface area contributed by atoms with Crippen LogP contribution in [0.15, 0.2) is 22.6 Å². The lowest BCUT2D eigenvalue weighted by Crippen LogP contribution is -2.29. The SMILES string of the molecule is Cc1cc(-c2nnc(N[C@H]3CC[C@@](O)(CF)C3)o2)nc2c(C(C)(C)C)cc(OCC(F)(F)F)cc12. The molecule has 1 saturated carbocycles. The van der Waals surface area contributed by atoms with E-state index in [1.165, 1.54) is 0 Å². The van der Waals surface area contributed by atoms with E-state index in [1.54, 1.807) is 18.2 Å². The maximum absolute atomic E-state index is 13.0. The second-order valence-corrected chi connectivity index (χ2v) is 10.2. The van der Waals surface area contributed by atoms with Crippen LogP contribution in [0.4, 0.5) is 23.6 Å². The average Bonchev–Trinajstić information content (AvgIpc) is 3.38. The molecule has 0 radical (unpaired) electrons. The zero-order valence-electron chi connectivity index (χ0n) is 20.0. The number of fused-ring (bicyclic) bond motifs is 1. The summed E-state index contributed by atoms with van der Waals surface area (Å²) in [6.45, 7) is 5.45. The van der Waals surface area contributed by atoms with Gasteiger partial charge in [0.05, 0.1) is 11.1 Å². The molecule has 2 N–H and O–H groups in total. The highest BCUT2D eigenvalue weighted by Crippen LogP contribution is 2.37. The Labute approximate surface area is 199 Å². The van der Waals surface area contributed by atoms with E-state index in [1.807, 2.05) is 27.7 Å². The van der Waals surface area contributed by atoms with Crippen molar-refractivity contribution in [2.75, 3.05) is 18.6 Å². The number of anilines is 1. The van der Waals surface area contributed by atoms with Crippen LogP contribution in [0.1, 0.15) is 51.2 Å². The van der Waals surface area contributed by atoms with Gasteiger partial charge in [-0.1, -0.05) is 25.9 Å². The molecule has 0 amide bonds. The van der Waals surface area contributed by atoms with E-state index in [0.717, 1.165) is 5.56 Å². The van der Waals surface area contributed by atoms with Crippen molar-refractivity contribution in [2.45, 2.75) is 70.2 Å². The molecule has 1 aromatic carbocycles. The number of aromatic nitrogens is 3. The van der Waals surface area contributed by atoms with Crippen LogP contribution in [0.25, 0.3) is 22.5 Å². The molecule has 1 aliphatic carbocycles. The van der Waals surface area contributed by atoms with Crippen molar-refractivity contribution in [1.82, 2.24) is 15.2 Å². The lowest BCUT2D eigenvalue weighted by atomic mass is 9.84. The quantitative estimate of drug-likeness (QED) is 0.436. The average molecular weight is 497 g/mol. The summed E-state index contributed by atoms with van der Waals surface area (Å²) in [4.78, 5) is 4.71. The smallest absolute Gasteiger partial charge is 0.422 e. The predicted molar refractivity (Wildman–Crippen MR) is 122 cm³/mol. The van der Waals surface area contributed by atoms with E-state index in [-0.39, 0.29) is 30.1 Å². The van der Waals surface area contributed by atoms with Crippen LogP contribution in [-0.4, -0.2) is 51.4 Å². The minimum atomic E-state index is -4.44. The zero-order valence-corrected chi connectivity index (χ0v) is 20.0. The maximum Gasteiger partial charge on any atom is 0.422 e. The summed E-state index contributed by atoms with van der Waals surface area (Å²) in [7, 11) is 0. The van der Waals surface area contributed by atoms with Gasteiger partial charge in [-0.2, -0.15) is 13.2 Å². The van der Waals surface area contributed by atoms with Crippen molar-refractivity contribution in [3.63, 3.8) is 0 Å². The summed E-state index contributed by atoms with van der Waals surface area (Å²) in [5, 5.41) is 21.9. The molecule has 1 aliphatic rings. The summed E-state index contributed by atoms with van der Waals surface area (Å²) in [6.07, 6.45) is -3.29. The molecule has 2 atom stereocenters.